The number of nitrogens with zero attached hydrogens (tertiary/aromatic N) is 2. The summed E-state index contributed by atoms with van der Waals surface area (Å²) >= 11 is 0. The SMILES string of the molecule is Nc1c(C2CCCOC2)nc(C2CC2)n1C1CC1. The Morgan fingerprint density at radius 2 is 1.94 bits per heavy atom. The summed E-state index contributed by atoms with van der Waals surface area (Å²) in [5.41, 5.74) is 7.51. The second kappa shape index (κ2) is 3.98. The van der Waals surface area contributed by atoms with E-state index in [0.29, 0.717) is 17.9 Å². The van der Waals surface area contributed by atoms with Crippen molar-refractivity contribution in [3.8, 4) is 0 Å². The van der Waals surface area contributed by atoms with E-state index in [1.54, 1.807) is 0 Å². The molecule has 3 aliphatic rings. The molecule has 2 heterocycles. The van der Waals surface area contributed by atoms with Crippen LogP contribution in [0.2, 0.25) is 0 Å². The molecule has 18 heavy (non-hydrogen) atoms. The molecule has 4 heteroatoms. The van der Waals surface area contributed by atoms with Crippen LogP contribution in [-0.4, -0.2) is 22.8 Å². The van der Waals surface area contributed by atoms with E-state index in [1.165, 1.54) is 37.9 Å². The summed E-state index contributed by atoms with van der Waals surface area (Å²) < 4.78 is 7.94. The Morgan fingerprint density at radius 3 is 2.56 bits per heavy atom. The maximum absolute atomic E-state index is 6.39. The number of anilines is 1. The molecule has 3 fully saturated rings. The largest absolute Gasteiger partial charge is 0.384 e. The van der Waals surface area contributed by atoms with Gasteiger partial charge in [-0.2, -0.15) is 0 Å². The molecule has 0 radical (unpaired) electrons. The second-order valence-electron chi connectivity index (χ2n) is 6.03. The van der Waals surface area contributed by atoms with E-state index in [0.717, 1.165) is 31.1 Å². The lowest BCUT2D eigenvalue weighted by Crippen LogP contribution is -2.17. The quantitative estimate of drug-likeness (QED) is 0.893. The summed E-state index contributed by atoms with van der Waals surface area (Å²) in [4.78, 5) is 4.91. The van der Waals surface area contributed by atoms with Crippen molar-refractivity contribution < 1.29 is 4.74 Å². The van der Waals surface area contributed by atoms with E-state index < -0.39 is 0 Å². The normalized spacial score (nSPS) is 28.6. The molecular formula is C14H21N3O. The van der Waals surface area contributed by atoms with Gasteiger partial charge in [-0.05, 0) is 38.5 Å². The number of hydrogen-bond acceptors (Lipinski definition) is 3. The summed E-state index contributed by atoms with van der Waals surface area (Å²) in [7, 11) is 0. The number of hydrogen-bond donors (Lipinski definition) is 1. The monoisotopic (exact) mass is 247 g/mol. The van der Waals surface area contributed by atoms with E-state index in [1.807, 2.05) is 0 Å². The van der Waals surface area contributed by atoms with Gasteiger partial charge in [0.2, 0.25) is 0 Å². The Labute approximate surface area is 108 Å². The first-order valence-corrected chi connectivity index (χ1v) is 7.30. The van der Waals surface area contributed by atoms with Crippen molar-refractivity contribution in [3.05, 3.63) is 11.5 Å². The van der Waals surface area contributed by atoms with Gasteiger partial charge in [0, 0.05) is 24.5 Å². The molecule has 0 amide bonds. The molecule has 0 bridgehead atoms. The van der Waals surface area contributed by atoms with Gasteiger partial charge >= 0.3 is 0 Å². The van der Waals surface area contributed by atoms with Crippen LogP contribution in [-0.2, 0) is 4.74 Å². The topological polar surface area (TPSA) is 53.1 Å². The molecule has 98 valence electrons. The van der Waals surface area contributed by atoms with E-state index in [4.69, 9.17) is 15.5 Å². The van der Waals surface area contributed by atoms with Gasteiger partial charge in [-0.1, -0.05) is 0 Å². The third-order valence-electron chi connectivity index (χ3n) is 4.41. The zero-order chi connectivity index (χ0) is 12.1. The Morgan fingerprint density at radius 1 is 1.11 bits per heavy atom. The third kappa shape index (κ3) is 1.74. The highest BCUT2D eigenvalue weighted by Gasteiger charge is 2.37. The molecule has 1 aliphatic heterocycles. The third-order valence-corrected chi connectivity index (χ3v) is 4.41. The van der Waals surface area contributed by atoms with Crippen molar-refractivity contribution in [1.82, 2.24) is 9.55 Å². The minimum absolute atomic E-state index is 0.427. The number of rotatable bonds is 3. The summed E-state index contributed by atoms with van der Waals surface area (Å²) in [5, 5.41) is 0. The number of aromatic nitrogens is 2. The predicted octanol–water partition coefficient (Wildman–Crippen LogP) is 2.57. The Bertz CT molecular complexity index is 454. The summed E-state index contributed by atoms with van der Waals surface area (Å²) in [6.07, 6.45) is 7.46. The average molecular weight is 247 g/mol. The molecule has 1 aromatic heterocycles. The van der Waals surface area contributed by atoms with Crippen molar-refractivity contribution in [2.45, 2.75) is 56.4 Å². The minimum Gasteiger partial charge on any atom is -0.384 e. The Hall–Kier alpha value is -1.03. The van der Waals surface area contributed by atoms with Gasteiger partial charge in [-0.3, -0.25) is 0 Å². The van der Waals surface area contributed by atoms with Crippen LogP contribution in [0.4, 0.5) is 5.82 Å². The van der Waals surface area contributed by atoms with Crippen LogP contribution in [0.3, 0.4) is 0 Å². The number of ether oxygens (including phenoxy) is 1. The van der Waals surface area contributed by atoms with Crippen molar-refractivity contribution >= 4 is 5.82 Å². The first-order valence-electron chi connectivity index (χ1n) is 7.30. The molecule has 4 rings (SSSR count). The molecule has 1 aromatic rings. The van der Waals surface area contributed by atoms with E-state index >= 15 is 0 Å². The Balaban J connectivity index is 1.71. The van der Waals surface area contributed by atoms with Gasteiger partial charge in [0.25, 0.3) is 0 Å². The first-order chi connectivity index (χ1) is 8.84. The zero-order valence-corrected chi connectivity index (χ0v) is 10.8. The average Bonchev–Trinajstić information content (AvgIpc) is 3.29. The number of nitrogen functional groups attached to an aromatic ring is 1. The second-order valence-corrected chi connectivity index (χ2v) is 6.03. The lowest BCUT2D eigenvalue weighted by molar-refractivity contribution is 0.0796. The zero-order valence-electron chi connectivity index (χ0n) is 10.8. The Kier molecular flexibility index (Phi) is 2.40. The molecule has 1 atom stereocenters. The first kappa shape index (κ1) is 10.9. The maximum Gasteiger partial charge on any atom is 0.127 e. The molecule has 2 saturated carbocycles. The van der Waals surface area contributed by atoms with Crippen molar-refractivity contribution in [2.75, 3.05) is 18.9 Å². The highest BCUT2D eigenvalue weighted by Crippen LogP contribution is 2.47. The lowest BCUT2D eigenvalue weighted by atomic mass is 9.98. The lowest BCUT2D eigenvalue weighted by Gasteiger charge is -2.21. The van der Waals surface area contributed by atoms with Gasteiger partial charge in [-0.15, -0.1) is 0 Å². The fraction of sp³-hybridized carbons (Fsp3) is 0.786. The number of nitrogens with two attached hydrogens (primary N) is 1. The maximum atomic E-state index is 6.39. The summed E-state index contributed by atoms with van der Waals surface area (Å²) in [5.74, 6) is 3.33. The molecular weight excluding hydrogens is 226 g/mol. The van der Waals surface area contributed by atoms with Gasteiger partial charge in [-0.25, -0.2) is 4.98 Å². The van der Waals surface area contributed by atoms with Crippen LogP contribution in [0, 0.1) is 0 Å². The van der Waals surface area contributed by atoms with Crippen LogP contribution in [0.5, 0.6) is 0 Å². The van der Waals surface area contributed by atoms with Crippen LogP contribution in [0.25, 0.3) is 0 Å². The summed E-state index contributed by atoms with van der Waals surface area (Å²) in [6, 6.07) is 0.645. The highest BCUT2D eigenvalue weighted by atomic mass is 16.5. The minimum atomic E-state index is 0.427. The molecule has 1 saturated heterocycles. The van der Waals surface area contributed by atoms with E-state index in [-0.39, 0.29) is 0 Å². The fourth-order valence-corrected chi connectivity index (χ4v) is 3.08. The van der Waals surface area contributed by atoms with Crippen LogP contribution < -0.4 is 5.73 Å². The molecule has 2 aliphatic carbocycles. The molecule has 4 nitrogen and oxygen atoms in total. The van der Waals surface area contributed by atoms with Gasteiger partial charge in [0.15, 0.2) is 0 Å². The van der Waals surface area contributed by atoms with Crippen molar-refractivity contribution in [3.63, 3.8) is 0 Å². The predicted molar refractivity (Wildman–Crippen MR) is 69.7 cm³/mol. The van der Waals surface area contributed by atoms with Gasteiger partial charge < -0.3 is 15.0 Å². The fourth-order valence-electron chi connectivity index (χ4n) is 3.08. The number of imidazole rings is 1. The van der Waals surface area contributed by atoms with Gasteiger partial charge in [0.1, 0.15) is 11.6 Å². The highest BCUT2D eigenvalue weighted by molar-refractivity contribution is 5.43. The van der Waals surface area contributed by atoms with Crippen molar-refractivity contribution in [2.24, 2.45) is 0 Å². The van der Waals surface area contributed by atoms with Crippen molar-refractivity contribution in [1.29, 1.82) is 0 Å². The molecule has 2 N–H and O–H groups in total. The van der Waals surface area contributed by atoms with Crippen LogP contribution in [0.1, 0.15) is 67.9 Å². The molecule has 1 unspecified atom stereocenters. The van der Waals surface area contributed by atoms with E-state index in [9.17, 15) is 0 Å². The van der Waals surface area contributed by atoms with Crippen LogP contribution in [0.15, 0.2) is 0 Å². The molecule has 0 aromatic carbocycles. The summed E-state index contributed by atoms with van der Waals surface area (Å²) in [6.45, 7) is 1.70. The van der Waals surface area contributed by atoms with E-state index in [2.05, 4.69) is 4.57 Å². The van der Waals surface area contributed by atoms with Crippen LogP contribution >= 0.6 is 0 Å². The standard InChI is InChI=1S/C14H21N3O/c15-13-12(10-2-1-7-18-8-10)16-14(9-3-4-9)17(13)11-5-6-11/h9-11H,1-8,15H2. The molecule has 0 spiro atoms. The smallest absolute Gasteiger partial charge is 0.127 e. The van der Waals surface area contributed by atoms with Gasteiger partial charge in [0.05, 0.1) is 12.3 Å².